The van der Waals surface area contributed by atoms with Gasteiger partial charge in [-0.2, -0.15) is 0 Å². The normalized spacial score (nSPS) is 21.1. The standard InChI is InChI=1S/C19H28N2O/c20-19(10-11-19)14-16-7-5-6-15(12-16)13-18(22)21-17-8-3-1-2-4-9-17/h5-7,12,17H,1-4,8-11,13-14,20H2,(H,21,22). The fourth-order valence-electron chi connectivity index (χ4n) is 3.48. The van der Waals surface area contributed by atoms with Crippen LogP contribution < -0.4 is 11.1 Å². The van der Waals surface area contributed by atoms with Crippen LogP contribution in [-0.2, 0) is 17.6 Å². The van der Waals surface area contributed by atoms with Crippen molar-refractivity contribution in [3.63, 3.8) is 0 Å². The maximum absolute atomic E-state index is 12.3. The molecule has 3 heteroatoms. The number of rotatable bonds is 5. The minimum absolute atomic E-state index is 0.0290. The van der Waals surface area contributed by atoms with Gasteiger partial charge in [0, 0.05) is 11.6 Å². The number of benzene rings is 1. The van der Waals surface area contributed by atoms with Crippen molar-refractivity contribution >= 4 is 5.91 Å². The van der Waals surface area contributed by atoms with Gasteiger partial charge in [0.2, 0.25) is 5.91 Å². The van der Waals surface area contributed by atoms with E-state index in [1.807, 2.05) is 6.07 Å². The molecule has 2 aliphatic carbocycles. The van der Waals surface area contributed by atoms with E-state index >= 15 is 0 Å². The molecule has 0 saturated heterocycles. The third-order valence-corrected chi connectivity index (χ3v) is 5.02. The molecule has 0 spiro atoms. The van der Waals surface area contributed by atoms with Crippen LogP contribution in [0.15, 0.2) is 24.3 Å². The zero-order valence-corrected chi connectivity index (χ0v) is 13.4. The molecule has 0 unspecified atom stereocenters. The molecule has 0 heterocycles. The monoisotopic (exact) mass is 300 g/mol. The topological polar surface area (TPSA) is 55.1 Å². The number of hydrogen-bond acceptors (Lipinski definition) is 2. The molecule has 1 aromatic carbocycles. The fourth-order valence-corrected chi connectivity index (χ4v) is 3.48. The van der Waals surface area contributed by atoms with E-state index in [1.54, 1.807) is 0 Å². The van der Waals surface area contributed by atoms with Crippen molar-refractivity contribution in [1.29, 1.82) is 0 Å². The SMILES string of the molecule is NC1(Cc2cccc(CC(=O)NC3CCCCCC3)c2)CC1. The summed E-state index contributed by atoms with van der Waals surface area (Å²) in [7, 11) is 0. The minimum atomic E-state index is 0.0290. The van der Waals surface area contributed by atoms with Crippen LogP contribution in [-0.4, -0.2) is 17.5 Å². The Balaban J connectivity index is 1.53. The summed E-state index contributed by atoms with van der Waals surface area (Å²) in [6.45, 7) is 0. The van der Waals surface area contributed by atoms with Gasteiger partial charge in [-0.05, 0) is 43.2 Å². The summed E-state index contributed by atoms with van der Waals surface area (Å²) in [5.74, 6) is 0.165. The zero-order chi connectivity index (χ0) is 15.4. The lowest BCUT2D eigenvalue weighted by Crippen LogP contribution is -2.35. The summed E-state index contributed by atoms with van der Waals surface area (Å²) in [5.41, 5.74) is 8.59. The highest BCUT2D eigenvalue weighted by atomic mass is 16.1. The molecule has 3 nitrogen and oxygen atoms in total. The summed E-state index contributed by atoms with van der Waals surface area (Å²) in [4.78, 5) is 12.3. The molecule has 120 valence electrons. The maximum Gasteiger partial charge on any atom is 0.224 e. The fraction of sp³-hybridized carbons (Fsp3) is 0.632. The Morgan fingerprint density at radius 1 is 1.14 bits per heavy atom. The van der Waals surface area contributed by atoms with Crippen LogP contribution in [0.5, 0.6) is 0 Å². The number of carbonyl (C=O) groups excluding carboxylic acids is 1. The molecule has 2 saturated carbocycles. The van der Waals surface area contributed by atoms with Gasteiger partial charge in [-0.25, -0.2) is 0 Å². The molecule has 1 amide bonds. The Kier molecular flexibility index (Phi) is 4.82. The Labute approximate surface area is 133 Å². The molecule has 0 bridgehead atoms. The number of carbonyl (C=O) groups is 1. The van der Waals surface area contributed by atoms with E-state index in [0.29, 0.717) is 12.5 Å². The van der Waals surface area contributed by atoms with E-state index in [4.69, 9.17) is 5.73 Å². The van der Waals surface area contributed by atoms with E-state index in [2.05, 4.69) is 23.5 Å². The first kappa shape index (κ1) is 15.5. The van der Waals surface area contributed by atoms with E-state index < -0.39 is 0 Å². The smallest absolute Gasteiger partial charge is 0.224 e. The van der Waals surface area contributed by atoms with Crippen molar-refractivity contribution in [3.8, 4) is 0 Å². The quantitative estimate of drug-likeness (QED) is 0.821. The lowest BCUT2D eigenvalue weighted by atomic mass is 10.0. The van der Waals surface area contributed by atoms with E-state index in [1.165, 1.54) is 31.2 Å². The van der Waals surface area contributed by atoms with Crippen LogP contribution in [0, 0.1) is 0 Å². The first-order chi connectivity index (χ1) is 10.6. The molecule has 3 N–H and O–H groups in total. The number of amides is 1. The lowest BCUT2D eigenvalue weighted by Gasteiger charge is -2.16. The van der Waals surface area contributed by atoms with Gasteiger partial charge in [-0.3, -0.25) is 4.79 Å². The van der Waals surface area contributed by atoms with Crippen molar-refractivity contribution in [2.75, 3.05) is 0 Å². The van der Waals surface area contributed by atoms with Crippen LogP contribution in [0.1, 0.15) is 62.5 Å². The Morgan fingerprint density at radius 2 is 1.82 bits per heavy atom. The number of nitrogens with two attached hydrogens (primary N) is 1. The largest absolute Gasteiger partial charge is 0.353 e. The molecule has 1 aromatic rings. The molecule has 3 rings (SSSR count). The van der Waals surface area contributed by atoms with Gasteiger partial charge >= 0.3 is 0 Å². The van der Waals surface area contributed by atoms with Crippen molar-refractivity contribution in [2.24, 2.45) is 5.73 Å². The van der Waals surface area contributed by atoms with Gasteiger partial charge in [0.1, 0.15) is 0 Å². The van der Waals surface area contributed by atoms with Crippen LogP contribution in [0.2, 0.25) is 0 Å². The molecule has 0 atom stereocenters. The predicted molar refractivity (Wildman–Crippen MR) is 89.6 cm³/mol. The second-order valence-corrected chi connectivity index (χ2v) is 7.29. The summed E-state index contributed by atoms with van der Waals surface area (Å²) < 4.78 is 0. The molecule has 0 radical (unpaired) electrons. The van der Waals surface area contributed by atoms with Crippen LogP contribution in [0.3, 0.4) is 0 Å². The number of nitrogens with one attached hydrogen (secondary N) is 1. The molecule has 2 aliphatic rings. The second kappa shape index (κ2) is 6.82. The first-order valence-corrected chi connectivity index (χ1v) is 8.79. The van der Waals surface area contributed by atoms with E-state index in [-0.39, 0.29) is 11.4 Å². The summed E-state index contributed by atoms with van der Waals surface area (Å²) >= 11 is 0. The summed E-state index contributed by atoms with van der Waals surface area (Å²) in [6.07, 6.45) is 11.1. The third kappa shape index (κ3) is 4.57. The van der Waals surface area contributed by atoms with E-state index in [0.717, 1.165) is 37.7 Å². The molecule has 0 aliphatic heterocycles. The highest BCUT2D eigenvalue weighted by Gasteiger charge is 2.37. The Bertz CT molecular complexity index is 514. The molecular formula is C19H28N2O. The van der Waals surface area contributed by atoms with E-state index in [9.17, 15) is 4.79 Å². The van der Waals surface area contributed by atoms with Gasteiger partial charge in [0.05, 0.1) is 6.42 Å². The van der Waals surface area contributed by atoms with Crippen molar-refractivity contribution in [1.82, 2.24) is 5.32 Å². The predicted octanol–water partition coefficient (Wildman–Crippen LogP) is 3.10. The zero-order valence-electron chi connectivity index (χ0n) is 13.4. The van der Waals surface area contributed by atoms with Crippen LogP contribution in [0.25, 0.3) is 0 Å². The van der Waals surface area contributed by atoms with Gasteiger partial charge in [0.25, 0.3) is 0 Å². The van der Waals surface area contributed by atoms with Crippen LogP contribution in [0.4, 0.5) is 0 Å². The van der Waals surface area contributed by atoms with Crippen molar-refractivity contribution in [2.45, 2.75) is 75.8 Å². The number of hydrogen-bond donors (Lipinski definition) is 2. The molecule has 22 heavy (non-hydrogen) atoms. The van der Waals surface area contributed by atoms with Gasteiger partial charge in [0.15, 0.2) is 0 Å². The average Bonchev–Trinajstić information content (AvgIpc) is 3.23. The molecular weight excluding hydrogens is 272 g/mol. The summed E-state index contributed by atoms with van der Waals surface area (Å²) in [5, 5.41) is 3.22. The minimum Gasteiger partial charge on any atom is -0.353 e. The maximum atomic E-state index is 12.3. The van der Waals surface area contributed by atoms with Gasteiger partial charge in [-0.15, -0.1) is 0 Å². The van der Waals surface area contributed by atoms with Crippen molar-refractivity contribution in [3.05, 3.63) is 35.4 Å². The Morgan fingerprint density at radius 3 is 2.50 bits per heavy atom. The summed E-state index contributed by atoms with van der Waals surface area (Å²) in [6, 6.07) is 8.76. The second-order valence-electron chi connectivity index (χ2n) is 7.29. The van der Waals surface area contributed by atoms with Crippen LogP contribution >= 0.6 is 0 Å². The first-order valence-electron chi connectivity index (χ1n) is 8.79. The Hall–Kier alpha value is -1.35. The molecule has 0 aromatic heterocycles. The highest BCUT2D eigenvalue weighted by Crippen LogP contribution is 2.35. The van der Waals surface area contributed by atoms with Crippen molar-refractivity contribution < 1.29 is 4.79 Å². The lowest BCUT2D eigenvalue weighted by molar-refractivity contribution is -0.121. The van der Waals surface area contributed by atoms with Gasteiger partial charge in [-0.1, -0.05) is 49.9 Å². The molecule has 2 fully saturated rings. The average molecular weight is 300 g/mol. The van der Waals surface area contributed by atoms with Gasteiger partial charge < -0.3 is 11.1 Å². The highest BCUT2D eigenvalue weighted by molar-refractivity contribution is 5.78. The third-order valence-electron chi connectivity index (χ3n) is 5.02.